The van der Waals surface area contributed by atoms with Crippen molar-refractivity contribution in [2.75, 3.05) is 5.32 Å². The molecule has 0 spiro atoms. The van der Waals surface area contributed by atoms with Crippen LogP contribution in [0.4, 0.5) is 18.9 Å². The molecule has 2 nitrogen and oxygen atoms in total. The van der Waals surface area contributed by atoms with Gasteiger partial charge in [-0.2, -0.15) is 13.2 Å². The van der Waals surface area contributed by atoms with Crippen molar-refractivity contribution in [3.63, 3.8) is 0 Å². The Hall–Kier alpha value is -2.52. The first kappa shape index (κ1) is 20.8. The van der Waals surface area contributed by atoms with Crippen molar-refractivity contribution in [3.05, 3.63) is 66.2 Å². The van der Waals surface area contributed by atoms with Crippen LogP contribution in [0.25, 0.3) is 0 Å². The van der Waals surface area contributed by atoms with Crippen LogP contribution in [0.15, 0.2) is 60.7 Å². The quantitative estimate of drug-likeness (QED) is 0.551. The summed E-state index contributed by atoms with van der Waals surface area (Å²) < 4.78 is 40.6. The van der Waals surface area contributed by atoms with E-state index in [1.807, 2.05) is 19.6 Å². The van der Waals surface area contributed by atoms with Crippen molar-refractivity contribution in [1.82, 2.24) is 0 Å². The largest absolute Gasteiger partial charge is 0.391 e. The van der Waals surface area contributed by atoms with Crippen molar-refractivity contribution in [2.24, 2.45) is 0 Å². The third kappa shape index (κ3) is 6.00. The molecular formula is C21H22F3NOSi. The van der Waals surface area contributed by atoms with Crippen molar-refractivity contribution < 1.29 is 18.0 Å². The van der Waals surface area contributed by atoms with Crippen LogP contribution >= 0.6 is 0 Å². The molecule has 2 aromatic rings. The number of para-hydroxylation sites is 1. The Bertz CT molecular complexity index is 833. The molecule has 0 bridgehead atoms. The Morgan fingerprint density at radius 2 is 1.48 bits per heavy atom. The minimum absolute atomic E-state index is 0.238. The number of carbonyl (C=O) groups is 1. The number of nitrogens with one attached hydrogen (secondary N) is 1. The Balaban J connectivity index is 2.62. The van der Waals surface area contributed by atoms with Crippen LogP contribution in [0.1, 0.15) is 12.0 Å². The van der Waals surface area contributed by atoms with Gasteiger partial charge in [0, 0.05) is 5.69 Å². The highest BCUT2D eigenvalue weighted by Gasteiger charge is 2.48. The molecule has 0 unspecified atom stereocenters. The van der Waals surface area contributed by atoms with E-state index in [0.717, 1.165) is 0 Å². The first-order chi connectivity index (χ1) is 12.5. The first-order valence-corrected chi connectivity index (χ1v) is 12.0. The van der Waals surface area contributed by atoms with Gasteiger partial charge in [-0.15, -0.1) is 5.54 Å². The van der Waals surface area contributed by atoms with Gasteiger partial charge >= 0.3 is 6.18 Å². The number of rotatable bonds is 4. The van der Waals surface area contributed by atoms with Crippen LogP contribution < -0.4 is 5.32 Å². The Morgan fingerprint density at radius 1 is 0.963 bits per heavy atom. The van der Waals surface area contributed by atoms with Crippen LogP contribution in [-0.4, -0.2) is 20.2 Å². The van der Waals surface area contributed by atoms with Crippen molar-refractivity contribution >= 4 is 19.7 Å². The third-order valence-electron chi connectivity index (χ3n) is 3.80. The standard InChI is InChI=1S/C21H22F3NOSi/c1-27(2,3)15-14-20(16-21(22,23)24,17-10-6-4-7-11-17)19(26)25-18-12-8-5-9-13-18/h4-13H,16H2,1-3H3,(H,25,26)/t20-/m0/s1. The van der Waals surface area contributed by atoms with Gasteiger partial charge in [-0.05, 0) is 17.7 Å². The Morgan fingerprint density at radius 3 is 1.96 bits per heavy atom. The van der Waals surface area contributed by atoms with E-state index in [0.29, 0.717) is 5.69 Å². The summed E-state index contributed by atoms with van der Waals surface area (Å²) in [5.41, 5.74) is 1.64. The number of carbonyl (C=O) groups excluding carboxylic acids is 1. The maximum absolute atomic E-state index is 13.5. The maximum atomic E-state index is 13.5. The van der Waals surface area contributed by atoms with Gasteiger partial charge in [0.05, 0.1) is 6.42 Å². The Labute approximate surface area is 158 Å². The molecule has 2 rings (SSSR count). The molecule has 1 N–H and O–H groups in total. The van der Waals surface area contributed by atoms with E-state index in [9.17, 15) is 18.0 Å². The van der Waals surface area contributed by atoms with E-state index in [1.165, 1.54) is 12.1 Å². The summed E-state index contributed by atoms with van der Waals surface area (Å²) in [7, 11) is -2.02. The maximum Gasteiger partial charge on any atom is 0.391 e. The third-order valence-corrected chi connectivity index (χ3v) is 4.68. The molecule has 1 amide bonds. The van der Waals surface area contributed by atoms with E-state index < -0.39 is 32.0 Å². The van der Waals surface area contributed by atoms with Crippen molar-refractivity contribution in [3.8, 4) is 11.5 Å². The number of benzene rings is 2. The van der Waals surface area contributed by atoms with Gasteiger partial charge in [-0.3, -0.25) is 4.79 Å². The highest BCUT2D eigenvalue weighted by Crippen LogP contribution is 2.37. The molecule has 6 heteroatoms. The SMILES string of the molecule is C[Si](C)(C)C#C[C@@](CC(F)(F)F)(C(=O)Nc1ccccc1)c1ccccc1. The lowest BCUT2D eigenvalue weighted by atomic mass is 9.77. The first-order valence-electron chi connectivity index (χ1n) is 8.55. The number of hydrogen-bond acceptors (Lipinski definition) is 1. The monoisotopic (exact) mass is 389 g/mol. The zero-order valence-electron chi connectivity index (χ0n) is 15.5. The molecule has 0 saturated heterocycles. The van der Waals surface area contributed by atoms with Crippen LogP contribution in [-0.2, 0) is 10.2 Å². The molecule has 0 saturated carbocycles. The van der Waals surface area contributed by atoms with Crippen molar-refractivity contribution in [2.45, 2.75) is 37.7 Å². The van der Waals surface area contributed by atoms with Gasteiger partial charge in [0.15, 0.2) is 0 Å². The summed E-state index contributed by atoms with van der Waals surface area (Å²) in [5, 5.41) is 2.61. The van der Waals surface area contributed by atoms with Crippen LogP contribution in [0.3, 0.4) is 0 Å². The molecule has 0 aliphatic rings. The van der Waals surface area contributed by atoms with E-state index >= 15 is 0 Å². The number of hydrogen-bond donors (Lipinski definition) is 1. The summed E-state index contributed by atoms with van der Waals surface area (Å²) in [6.07, 6.45) is -5.90. The van der Waals surface area contributed by atoms with Crippen LogP contribution in [0.5, 0.6) is 0 Å². The highest BCUT2D eigenvalue weighted by molar-refractivity contribution is 6.83. The number of alkyl halides is 3. The number of anilines is 1. The highest BCUT2D eigenvalue weighted by atomic mass is 28.3. The minimum Gasteiger partial charge on any atom is -0.324 e. The lowest BCUT2D eigenvalue weighted by Gasteiger charge is -2.29. The molecule has 27 heavy (non-hydrogen) atoms. The molecule has 0 aliphatic heterocycles. The van der Waals surface area contributed by atoms with E-state index in [2.05, 4.69) is 16.8 Å². The second-order valence-corrected chi connectivity index (χ2v) is 12.1. The van der Waals surface area contributed by atoms with Crippen LogP contribution in [0.2, 0.25) is 19.6 Å². The summed E-state index contributed by atoms with van der Waals surface area (Å²) >= 11 is 0. The minimum atomic E-state index is -4.56. The molecule has 1 atom stereocenters. The van der Waals surface area contributed by atoms with Gasteiger partial charge < -0.3 is 5.32 Å². The lowest BCUT2D eigenvalue weighted by molar-refractivity contribution is -0.151. The second kappa shape index (κ2) is 8.01. The average molecular weight is 389 g/mol. The van der Waals surface area contributed by atoms with Gasteiger partial charge in [0.2, 0.25) is 5.91 Å². The molecule has 0 aromatic heterocycles. The normalized spacial score (nSPS) is 13.9. The zero-order chi connectivity index (χ0) is 20.1. The zero-order valence-corrected chi connectivity index (χ0v) is 16.5. The number of halogens is 3. The molecule has 142 valence electrons. The van der Waals surface area contributed by atoms with Crippen LogP contribution in [0, 0.1) is 11.5 Å². The van der Waals surface area contributed by atoms with Crippen molar-refractivity contribution in [1.29, 1.82) is 0 Å². The molecule has 0 aliphatic carbocycles. The van der Waals surface area contributed by atoms with Gasteiger partial charge in [-0.25, -0.2) is 0 Å². The molecule has 2 aromatic carbocycles. The molecule has 0 heterocycles. The molecular weight excluding hydrogens is 367 g/mol. The second-order valence-electron chi connectivity index (χ2n) is 7.38. The van der Waals surface area contributed by atoms with Gasteiger partial charge in [-0.1, -0.05) is 74.1 Å². The average Bonchev–Trinajstić information content (AvgIpc) is 2.58. The van der Waals surface area contributed by atoms with E-state index in [-0.39, 0.29) is 5.56 Å². The van der Waals surface area contributed by atoms with Gasteiger partial charge in [0.1, 0.15) is 13.5 Å². The van der Waals surface area contributed by atoms with E-state index in [1.54, 1.807) is 48.5 Å². The smallest absolute Gasteiger partial charge is 0.324 e. The predicted molar refractivity (Wildman–Crippen MR) is 105 cm³/mol. The molecule has 0 radical (unpaired) electrons. The summed E-state index contributed by atoms with van der Waals surface area (Å²) in [5.74, 6) is 1.97. The summed E-state index contributed by atoms with van der Waals surface area (Å²) in [6, 6.07) is 16.4. The Kier molecular flexibility index (Phi) is 6.17. The fourth-order valence-electron chi connectivity index (χ4n) is 2.56. The predicted octanol–water partition coefficient (Wildman–Crippen LogP) is 5.40. The fraction of sp³-hybridized carbons (Fsp3) is 0.286. The lowest BCUT2D eigenvalue weighted by Crippen LogP contribution is -2.43. The fourth-order valence-corrected chi connectivity index (χ4v) is 3.15. The number of amides is 1. The molecule has 0 fully saturated rings. The topological polar surface area (TPSA) is 29.1 Å². The van der Waals surface area contributed by atoms with Gasteiger partial charge in [0.25, 0.3) is 0 Å². The summed E-state index contributed by atoms with van der Waals surface area (Å²) in [4.78, 5) is 13.1. The van der Waals surface area contributed by atoms with E-state index in [4.69, 9.17) is 0 Å². The summed E-state index contributed by atoms with van der Waals surface area (Å²) in [6.45, 7) is 5.79.